The maximum Gasteiger partial charge on any atom is 0.224 e. The Morgan fingerprint density at radius 3 is 2.14 bits per heavy atom. The summed E-state index contributed by atoms with van der Waals surface area (Å²) in [6.07, 6.45) is 0. The van der Waals surface area contributed by atoms with Gasteiger partial charge in [-0.05, 0) is 0 Å². The van der Waals surface area contributed by atoms with Crippen LogP contribution < -0.4 is 5.32 Å². The van der Waals surface area contributed by atoms with Crippen molar-refractivity contribution in [2.45, 2.75) is 20.8 Å². The minimum atomic E-state index is -0.160. The van der Waals surface area contributed by atoms with E-state index in [1.807, 2.05) is 20.8 Å². The van der Waals surface area contributed by atoms with Crippen molar-refractivity contribution in [3.8, 4) is 0 Å². The van der Waals surface area contributed by atoms with Gasteiger partial charge in [-0.1, -0.05) is 20.8 Å². The second-order valence-corrected chi connectivity index (χ2v) is 3.89. The van der Waals surface area contributed by atoms with Gasteiger partial charge in [-0.2, -0.15) is 0 Å². The second kappa shape index (κ2) is 5.62. The Hall–Kier alpha value is -1.06. The summed E-state index contributed by atoms with van der Waals surface area (Å²) in [5, 5.41) is 2.56. The molecule has 0 aliphatic heterocycles. The van der Waals surface area contributed by atoms with E-state index in [4.69, 9.17) is 0 Å². The van der Waals surface area contributed by atoms with Gasteiger partial charge in [0.25, 0.3) is 0 Å². The summed E-state index contributed by atoms with van der Waals surface area (Å²) in [5.74, 6) is -0.140. The van der Waals surface area contributed by atoms with E-state index >= 15 is 0 Å². The lowest BCUT2D eigenvalue weighted by Crippen LogP contribution is -2.38. The van der Waals surface area contributed by atoms with E-state index in [1.54, 1.807) is 19.0 Å². The van der Waals surface area contributed by atoms with Crippen molar-refractivity contribution in [2.24, 2.45) is 11.8 Å². The van der Waals surface area contributed by atoms with E-state index in [0.717, 1.165) is 0 Å². The fraction of sp³-hybridized carbons (Fsp3) is 0.800. The van der Waals surface area contributed by atoms with Crippen LogP contribution in [0, 0.1) is 11.8 Å². The summed E-state index contributed by atoms with van der Waals surface area (Å²) < 4.78 is 0. The number of hydrogen-bond donors (Lipinski definition) is 1. The van der Waals surface area contributed by atoms with Gasteiger partial charge in [0, 0.05) is 26.6 Å². The number of rotatable bonds is 4. The molecular formula is C10H20N2O2. The van der Waals surface area contributed by atoms with E-state index in [-0.39, 0.29) is 23.7 Å². The van der Waals surface area contributed by atoms with Crippen molar-refractivity contribution < 1.29 is 9.59 Å². The normalized spacial score (nSPS) is 12.4. The fourth-order valence-corrected chi connectivity index (χ4v) is 1.27. The van der Waals surface area contributed by atoms with Crippen molar-refractivity contribution in [1.29, 1.82) is 0 Å². The Morgan fingerprint density at radius 2 is 1.79 bits per heavy atom. The summed E-state index contributed by atoms with van der Waals surface area (Å²) in [4.78, 5) is 24.3. The molecule has 0 saturated heterocycles. The topological polar surface area (TPSA) is 49.4 Å². The highest BCUT2D eigenvalue weighted by Gasteiger charge is 2.18. The maximum absolute atomic E-state index is 11.5. The van der Waals surface area contributed by atoms with Crippen molar-refractivity contribution in [1.82, 2.24) is 10.2 Å². The number of nitrogens with zero attached hydrogens (tertiary/aromatic N) is 1. The molecule has 2 amide bonds. The molecule has 0 fully saturated rings. The molecule has 0 aliphatic rings. The van der Waals surface area contributed by atoms with Gasteiger partial charge in [0.1, 0.15) is 0 Å². The average molecular weight is 200 g/mol. The van der Waals surface area contributed by atoms with Crippen LogP contribution in [0.25, 0.3) is 0 Å². The number of nitrogens with one attached hydrogen (secondary N) is 1. The monoisotopic (exact) mass is 200 g/mol. The summed E-state index contributed by atoms with van der Waals surface area (Å²) in [7, 11) is 3.32. The molecule has 0 radical (unpaired) electrons. The van der Waals surface area contributed by atoms with Crippen LogP contribution in [0.1, 0.15) is 20.8 Å². The highest BCUT2D eigenvalue weighted by Crippen LogP contribution is 2.03. The third kappa shape index (κ3) is 3.77. The van der Waals surface area contributed by atoms with Crippen LogP contribution >= 0.6 is 0 Å². The quantitative estimate of drug-likeness (QED) is 0.717. The smallest absolute Gasteiger partial charge is 0.224 e. The molecule has 0 aromatic heterocycles. The zero-order valence-electron chi connectivity index (χ0n) is 9.63. The molecule has 14 heavy (non-hydrogen) atoms. The minimum Gasteiger partial charge on any atom is -0.359 e. The standard InChI is InChI=1S/C10H20N2O2/c1-7(2)10(14)12(5)6-8(3)9(13)11-4/h7-8H,6H2,1-5H3,(H,11,13). The molecule has 0 aliphatic carbocycles. The van der Waals surface area contributed by atoms with Crippen molar-refractivity contribution >= 4 is 11.8 Å². The minimum absolute atomic E-state index is 0.0168. The molecule has 1 atom stereocenters. The fourth-order valence-electron chi connectivity index (χ4n) is 1.27. The largest absolute Gasteiger partial charge is 0.359 e. The van der Waals surface area contributed by atoms with Crippen LogP contribution in [0.2, 0.25) is 0 Å². The molecule has 1 N–H and O–H groups in total. The SMILES string of the molecule is CNC(=O)C(C)CN(C)C(=O)C(C)C. The van der Waals surface area contributed by atoms with Crippen LogP contribution in [0.15, 0.2) is 0 Å². The molecule has 4 nitrogen and oxygen atoms in total. The predicted molar refractivity (Wildman–Crippen MR) is 55.7 cm³/mol. The molecular weight excluding hydrogens is 180 g/mol. The van der Waals surface area contributed by atoms with Crippen LogP contribution in [0.3, 0.4) is 0 Å². The van der Waals surface area contributed by atoms with E-state index < -0.39 is 0 Å². The Morgan fingerprint density at radius 1 is 1.29 bits per heavy atom. The molecule has 0 bridgehead atoms. The molecule has 0 aromatic rings. The van der Waals surface area contributed by atoms with Gasteiger partial charge in [0.05, 0.1) is 5.92 Å². The first kappa shape index (κ1) is 12.9. The summed E-state index contributed by atoms with van der Waals surface area (Å²) in [5.41, 5.74) is 0. The first-order chi connectivity index (χ1) is 6.40. The number of hydrogen-bond acceptors (Lipinski definition) is 2. The lowest BCUT2D eigenvalue weighted by atomic mass is 10.1. The van der Waals surface area contributed by atoms with Gasteiger partial charge in [0.2, 0.25) is 11.8 Å². The van der Waals surface area contributed by atoms with E-state index in [9.17, 15) is 9.59 Å². The number of carbonyl (C=O) groups excluding carboxylic acids is 2. The molecule has 0 rings (SSSR count). The molecule has 1 unspecified atom stereocenters. The van der Waals surface area contributed by atoms with Crippen molar-refractivity contribution in [3.63, 3.8) is 0 Å². The van der Waals surface area contributed by atoms with Crippen molar-refractivity contribution in [3.05, 3.63) is 0 Å². The summed E-state index contributed by atoms with van der Waals surface area (Å²) in [6, 6.07) is 0. The lowest BCUT2D eigenvalue weighted by Gasteiger charge is -2.22. The van der Waals surface area contributed by atoms with Gasteiger partial charge in [-0.25, -0.2) is 0 Å². The summed E-state index contributed by atoms with van der Waals surface area (Å²) in [6.45, 7) is 5.98. The Kier molecular flexibility index (Phi) is 5.20. The molecule has 0 saturated carbocycles. The van der Waals surface area contributed by atoms with E-state index in [2.05, 4.69) is 5.32 Å². The Labute approximate surface area is 85.7 Å². The second-order valence-electron chi connectivity index (χ2n) is 3.89. The molecule has 4 heteroatoms. The Balaban J connectivity index is 4.12. The van der Waals surface area contributed by atoms with Crippen LogP contribution in [-0.4, -0.2) is 37.4 Å². The third-order valence-electron chi connectivity index (χ3n) is 2.11. The number of amides is 2. The van der Waals surface area contributed by atoms with E-state index in [1.165, 1.54) is 0 Å². The maximum atomic E-state index is 11.5. The predicted octanol–water partition coefficient (Wildman–Crippen LogP) is 0.483. The van der Waals surface area contributed by atoms with Gasteiger partial charge >= 0.3 is 0 Å². The number of carbonyl (C=O) groups is 2. The average Bonchev–Trinajstić information content (AvgIpc) is 2.14. The Bertz CT molecular complexity index is 214. The first-order valence-corrected chi connectivity index (χ1v) is 4.86. The summed E-state index contributed by atoms with van der Waals surface area (Å²) >= 11 is 0. The first-order valence-electron chi connectivity index (χ1n) is 4.86. The molecule has 0 spiro atoms. The zero-order valence-corrected chi connectivity index (χ0v) is 9.63. The van der Waals surface area contributed by atoms with Crippen molar-refractivity contribution in [2.75, 3.05) is 20.6 Å². The van der Waals surface area contributed by atoms with Gasteiger partial charge < -0.3 is 10.2 Å². The third-order valence-corrected chi connectivity index (χ3v) is 2.11. The lowest BCUT2D eigenvalue weighted by molar-refractivity contribution is -0.134. The van der Waals surface area contributed by atoms with E-state index in [0.29, 0.717) is 6.54 Å². The highest BCUT2D eigenvalue weighted by atomic mass is 16.2. The molecule has 0 aromatic carbocycles. The van der Waals surface area contributed by atoms with Crippen LogP contribution in [-0.2, 0) is 9.59 Å². The van der Waals surface area contributed by atoms with Gasteiger partial charge in [-0.3, -0.25) is 9.59 Å². The zero-order chi connectivity index (χ0) is 11.3. The molecule has 0 heterocycles. The highest BCUT2D eigenvalue weighted by molar-refractivity contribution is 5.81. The van der Waals surface area contributed by atoms with Gasteiger partial charge in [-0.15, -0.1) is 0 Å². The van der Waals surface area contributed by atoms with Gasteiger partial charge in [0.15, 0.2) is 0 Å². The van der Waals surface area contributed by atoms with Crippen LogP contribution in [0.5, 0.6) is 0 Å². The molecule has 82 valence electrons. The van der Waals surface area contributed by atoms with Crippen LogP contribution in [0.4, 0.5) is 0 Å².